The van der Waals surface area contributed by atoms with Gasteiger partial charge in [0.2, 0.25) is 5.91 Å². The van der Waals surface area contributed by atoms with Crippen molar-refractivity contribution >= 4 is 28.4 Å². The lowest BCUT2D eigenvalue weighted by Gasteiger charge is -2.15. The molecule has 2 heterocycles. The van der Waals surface area contributed by atoms with Crippen LogP contribution < -0.4 is 10.9 Å². The zero-order valence-electron chi connectivity index (χ0n) is 15.2. The van der Waals surface area contributed by atoms with Gasteiger partial charge in [-0.05, 0) is 43.2 Å². The average molecular weight is 377 g/mol. The predicted octanol–water partition coefficient (Wildman–Crippen LogP) is 1.67. The van der Waals surface area contributed by atoms with Crippen LogP contribution in [-0.4, -0.2) is 44.8 Å². The predicted molar refractivity (Wildman–Crippen MR) is 104 cm³/mol. The van der Waals surface area contributed by atoms with Crippen LogP contribution >= 0.6 is 0 Å². The first-order chi connectivity index (χ1) is 13.6. The van der Waals surface area contributed by atoms with Gasteiger partial charge in [0.25, 0.3) is 11.5 Å². The largest absolute Gasteiger partial charge is 0.339 e. The van der Waals surface area contributed by atoms with Crippen molar-refractivity contribution in [1.82, 2.24) is 19.9 Å². The number of hydrogen-bond acceptors (Lipinski definition) is 5. The van der Waals surface area contributed by atoms with E-state index < -0.39 is 5.91 Å². The summed E-state index contributed by atoms with van der Waals surface area (Å²) in [7, 11) is 0. The molecule has 0 saturated carbocycles. The minimum absolute atomic E-state index is 0.0368. The molecule has 0 spiro atoms. The van der Waals surface area contributed by atoms with Crippen LogP contribution in [0.5, 0.6) is 0 Å². The fourth-order valence-electron chi connectivity index (χ4n) is 3.30. The third-order valence-electron chi connectivity index (χ3n) is 4.71. The molecular weight excluding hydrogens is 358 g/mol. The molecule has 28 heavy (non-hydrogen) atoms. The molecule has 8 heteroatoms. The molecule has 0 bridgehead atoms. The standard InChI is InChI=1S/C20H19N5O3/c26-18(13-25-20(28)16-8-1-2-9-17(16)22-23-25)21-15-7-5-6-14(12-15)19(27)24-10-3-4-11-24/h1-2,5-9,12H,3-4,10-11,13H2,(H,21,26). The van der Waals surface area contributed by atoms with Gasteiger partial charge in [-0.25, -0.2) is 4.68 Å². The molecule has 0 unspecified atom stereocenters. The minimum Gasteiger partial charge on any atom is -0.339 e. The molecule has 1 aliphatic rings. The zero-order chi connectivity index (χ0) is 19.5. The topological polar surface area (TPSA) is 97.2 Å². The van der Waals surface area contributed by atoms with Crippen molar-refractivity contribution in [3.8, 4) is 0 Å². The van der Waals surface area contributed by atoms with Crippen molar-refractivity contribution in [3.05, 3.63) is 64.4 Å². The maximum Gasteiger partial charge on any atom is 0.278 e. The van der Waals surface area contributed by atoms with E-state index in [1.807, 2.05) is 4.90 Å². The lowest BCUT2D eigenvalue weighted by atomic mass is 10.1. The maximum atomic E-state index is 12.5. The van der Waals surface area contributed by atoms with Crippen LogP contribution in [0.3, 0.4) is 0 Å². The van der Waals surface area contributed by atoms with E-state index in [0.29, 0.717) is 22.2 Å². The van der Waals surface area contributed by atoms with Crippen molar-refractivity contribution in [3.63, 3.8) is 0 Å². The normalized spacial score (nSPS) is 13.6. The number of carbonyl (C=O) groups excluding carboxylic acids is 2. The number of nitrogens with zero attached hydrogens (tertiary/aromatic N) is 4. The molecule has 4 rings (SSSR count). The lowest BCUT2D eigenvalue weighted by molar-refractivity contribution is -0.117. The summed E-state index contributed by atoms with van der Waals surface area (Å²) in [5.74, 6) is -0.456. The van der Waals surface area contributed by atoms with E-state index in [1.54, 1.807) is 48.5 Å². The Bertz CT molecular complexity index is 1100. The number of benzene rings is 2. The molecule has 8 nitrogen and oxygen atoms in total. The number of likely N-dealkylation sites (tertiary alicyclic amines) is 1. The lowest BCUT2D eigenvalue weighted by Crippen LogP contribution is -2.30. The smallest absolute Gasteiger partial charge is 0.278 e. The van der Waals surface area contributed by atoms with Gasteiger partial charge < -0.3 is 10.2 Å². The molecule has 1 N–H and O–H groups in total. The quantitative estimate of drug-likeness (QED) is 0.746. The van der Waals surface area contributed by atoms with Crippen LogP contribution in [0.25, 0.3) is 10.9 Å². The van der Waals surface area contributed by atoms with E-state index in [4.69, 9.17) is 0 Å². The fraction of sp³-hybridized carbons (Fsp3) is 0.250. The Morgan fingerprint density at radius 2 is 1.82 bits per heavy atom. The second kappa shape index (κ2) is 7.59. The Morgan fingerprint density at radius 1 is 1.04 bits per heavy atom. The molecule has 0 aliphatic carbocycles. The Hall–Kier alpha value is -3.55. The van der Waals surface area contributed by atoms with Crippen LogP contribution in [0.1, 0.15) is 23.2 Å². The summed E-state index contributed by atoms with van der Waals surface area (Å²) in [4.78, 5) is 39.1. The van der Waals surface area contributed by atoms with Crippen LogP contribution in [0.15, 0.2) is 53.3 Å². The van der Waals surface area contributed by atoms with Gasteiger partial charge in [0.1, 0.15) is 12.1 Å². The summed E-state index contributed by atoms with van der Waals surface area (Å²) in [6.45, 7) is 1.26. The first-order valence-electron chi connectivity index (χ1n) is 9.13. The summed E-state index contributed by atoms with van der Waals surface area (Å²) in [5.41, 5.74) is 1.13. The second-order valence-corrected chi connectivity index (χ2v) is 6.70. The first kappa shape index (κ1) is 17.8. The second-order valence-electron chi connectivity index (χ2n) is 6.70. The van der Waals surface area contributed by atoms with Gasteiger partial charge in [0, 0.05) is 24.3 Å². The number of aromatic nitrogens is 3. The number of amides is 2. The molecular formula is C20H19N5O3. The Labute approximate surface area is 160 Å². The van der Waals surface area contributed by atoms with Gasteiger partial charge in [0.15, 0.2) is 0 Å². The van der Waals surface area contributed by atoms with Crippen molar-refractivity contribution in [1.29, 1.82) is 0 Å². The van der Waals surface area contributed by atoms with Crippen molar-refractivity contribution in [2.75, 3.05) is 18.4 Å². The van der Waals surface area contributed by atoms with Crippen LogP contribution in [-0.2, 0) is 11.3 Å². The van der Waals surface area contributed by atoms with Crippen molar-refractivity contribution in [2.45, 2.75) is 19.4 Å². The maximum absolute atomic E-state index is 12.5. The van der Waals surface area contributed by atoms with E-state index in [-0.39, 0.29) is 18.0 Å². The molecule has 1 aromatic heterocycles. The highest BCUT2D eigenvalue weighted by Gasteiger charge is 2.19. The third kappa shape index (κ3) is 3.62. The van der Waals surface area contributed by atoms with E-state index in [1.165, 1.54) is 0 Å². The molecule has 142 valence electrons. The van der Waals surface area contributed by atoms with E-state index in [0.717, 1.165) is 30.6 Å². The number of anilines is 1. The van der Waals surface area contributed by atoms with Gasteiger partial charge in [-0.3, -0.25) is 14.4 Å². The third-order valence-corrected chi connectivity index (χ3v) is 4.71. The van der Waals surface area contributed by atoms with Crippen molar-refractivity contribution in [2.24, 2.45) is 0 Å². The highest BCUT2D eigenvalue weighted by molar-refractivity contribution is 5.97. The summed E-state index contributed by atoms with van der Waals surface area (Å²) < 4.78 is 1.02. The molecule has 1 fully saturated rings. The number of fused-ring (bicyclic) bond motifs is 1. The van der Waals surface area contributed by atoms with Crippen LogP contribution in [0.4, 0.5) is 5.69 Å². The average Bonchev–Trinajstić information content (AvgIpc) is 3.25. The Balaban J connectivity index is 1.48. The van der Waals surface area contributed by atoms with E-state index in [2.05, 4.69) is 15.6 Å². The first-order valence-corrected chi connectivity index (χ1v) is 9.13. The van der Waals surface area contributed by atoms with E-state index >= 15 is 0 Å². The van der Waals surface area contributed by atoms with Gasteiger partial charge >= 0.3 is 0 Å². The molecule has 2 aromatic carbocycles. The van der Waals surface area contributed by atoms with Crippen LogP contribution in [0.2, 0.25) is 0 Å². The number of hydrogen-bond donors (Lipinski definition) is 1. The fourth-order valence-corrected chi connectivity index (χ4v) is 3.30. The Morgan fingerprint density at radius 3 is 2.64 bits per heavy atom. The summed E-state index contributed by atoms with van der Waals surface area (Å²) in [5, 5.41) is 10.9. The number of nitrogens with one attached hydrogen (secondary N) is 1. The van der Waals surface area contributed by atoms with Crippen LogP contribution in [0, 0.1) is 0 Å². The monoisotopic (exact) mass is 377 g/mol. The molecule has 0 atom stereocenters. The van der Waals surface area contributed by atoms with Gasteiger partial charge in [-0.15, -0.1) is 5.10 Å². The summed E-state index contributed by atoms with van der Waals surface area (Å²) in [6.07, 6.45) is 2.04. The van der Waals surface area contributed by atoms with Crippen molar-refractivity contribution < 1.29 is 9.59 Å². The number of carbonyl (C=O) groups is 2. The molecule has 0 radical (unpaired) electrons. The van der Waals surface area contributed by atoms with Gasteiger partial charge in [-0.2, -0.15) is 0 Å². The zero-order valence-corrected chi connectivity index (χ0v) is 15.2. The van der Waals surface area contributed by atoms with Gasteiger partial charge in [0.05, 0.1) is 5.39 Å². The molecule has 1 saturated heterocycles. The van der Waals surface area contributed by atoms with Gasteiger partial charge in [-0.1, -0.05) is 23.4 Å². The summed E-state index contributed by atoms with van der Waals surface area (Å²) >= 11 is 0. The van der Waals surface area contributed by atoms with E-state index in [9.17, 15) is 14.4 Å². The molecule has 3 aromatic rings. The SMILES string of the molecule is O=C(Cn1nnc2ccccc2c1=O)Nc1cccc(C(=O)N2CCCC2)c1. The molecule has 1 aliphatic heterocycles. The summed E-state index contributed by atoms with van der Waals surface area (Å²) in [6, 6.07) is 13.6. The number of rotatable bonds is 4. The Kier molecular flexibility index (Phi) is 4.84. The highest BCUT2D eigenvalue weighted by Crippen LogP contribution is 2.16. The highest BCUT2D eigenvalue weighted by atomic mass is 16.2. The minimum atomic E-state index is -0.419. The molecule has 2 amide bonds.